The zero-order valence-corrected chi connectivity index (χ0v) is 16.6. The van der Waals surface area contributed by atoms with Crippen LogP contribution in [0.4, 0.5) is 11.6 Å². The summed E-state index contributed by atoms with van der Waals surface area (Å²) in [6, 6.07) is 14.7. The standard InChI is InChI=1S/C22H24N4O3/c1-15-8-3-4-9-16(15)23-20(27)14-19-21(28)25(12-7-13-29-2)22-24-17-10-5-6-11-18(17)26(19)22/h3-6,8-11,19H,7,12-14H2,1-2H3,(H,23,27)/t19-/m1/s1. The highest BCUT2D eigenvalue weighted by atomic mass is 16.5. The molecule has 29 heavy (non-hydrogen) atoms. The van der Waals surface area contributed by atoms with Gasteiger partial charge in [-0.1, -0.05) is 30.3 Å². The molecule has 7 heteroatoms. The summed E-state index contributed by atoms with van der Waals surface area (Å²) >= 11 is 0. The van der Waals surface area contributed by atoms with E-state index in [1.807, 2.05) is 60.0 Å². The molecule has 0 unspecified atom stereocenters. The highest BCUT2D eigenvalue weighted by molar-refractivity contribution is 6.05. The van der Waals surface area contributed by atoms with Crippen LogP contribution in [0.5, 0.6) is 0 Å². The average Bonchev–Trinajstić information content (AvgIpc) is 3.20. The molecule has 0 saturated carbocycles. The van der Waals surface area contributed by atoms with Crippen molar-refractivity contribution in [3.8, 4) is 0 Å². The van der Waals surface area contributed by atoms with Crippen LogP contribution in [0.3, 0.4) is 0 Å². The van der Waals surface area contributed by atoms with Gasteiger partial charge >= 0.3 is 0 Å². The Balaban J connectivity index is 1.62. The third-order valence-electron chi connectivity index (χ3n) is 5.21. The number of fused-ring (bicyclic) bond motifs is 3. The summed E-state index contributed by atoms with van der Waals surface area (Å²) in [4.78, 5) is 32.3. The molecule has 0 saturated heterocycles. The quantitative estimate of drug-likeness (QED) is 0.626. The number of nitrogens with zero attached hydrogens (tertiary/aromatic N) is 3. The summed E-state index contributed by atoms with van der Waals surface area (Å²) in [6.07, 6.45) is 0.759. The molecule has 0 bridgehead atoms. The van der Waals surface area contributed by atoms with Crippen LogP contribution in [0.1, 0.15) is 24.4 Å². The predicted molar refractivity (Wildman–Crippen MR) is 112 cm³/mol. The third-order valence-corrected chi connectivity index (χ3v) is 5.21. The van der Waals surface area contributed by atoms with E-state index in [1.165, 1.54) is 0 Å². The SMILES string of the molecule is COCCCN1C(=O)[C@@H](CC(=O)Nc2ccccc2C)n2c1nc1ccccc12. The Morgan fingerprint density at radius 2 is 1.93 bits per heavy atom. The number of benzene rings is 2. The van der Waals surface area contributed by atoms with Gasteiger partial charge in [-0.05, 0) is 37.1 Å². The van der Waals surface area contributed by atoms with E-state index in [1.54, 1.807) is 12.0 Å². The Morgan fingerprint density at radius 3 is 2.72 bits per heavy atom. The molecule has 0 radical (unpaired) electrons. The lowest BCUT2D eigenvalue weighted by molar-refractivity contribution is -0.124. The minimum atomic E-state index is -0.607. The van der Waals surface area contributed by atoms with Gasteiger partial charge in [0, 0.05) is 25.9 Å². The lowest BCUT2D eigenvalue weighted by Crippen LogP contribution is -2.32. The van der Waals surface area contributed by atoms with Crippen molar-refractivity contribution in [1.82, 2.24) is 9.55 Å². The van der Waals surface area contributed by atoms with Gasteiger partial charge in [0.2, 0.25) is 11.9 Å². The van der Waals surface area contributed by atoms with E-state index in [0.717, 1.165) is 22.3 Å². The first kappa shape index (κ1) is 19.1. The van der Waals surface area contributed by atoms with Gasteiger partial charge in [0.25, 0.3) is 5.91 Å². The Labute approximate surface area is 169 Å². The summed E-state index contributed by atoms with van der Waals surface area (Å²) in [6.45, 7) is 3.00. The van der Waals surface area contributed by atoms with Gasteiger partial charge in [0.15, 0.2) is 0 Å². The number of para-hydroxylation sites is 3. The van der Waals surface area contributed by atoms with Crippen LogP contribution < -0.4 is 10.2 Å². The molecular weight excluding hydrogens is 368 g/mol. The van der Waals surface area contributed by atoms with E-state index in [4.69, 9.17) is 4.74 Å². The van der Waals surface area contributed by atoms with Gasteiger partial charge in [-0.3, -0.25) is 19.1 Å². The summed E-state index contributed by atoms with van der Waals surface area (Å²) in [7, 11) is 1.64. The number of aryl methyl sites for hydroxylation is 1. The highest BCUT2D eigenvalue weighted by Crippen LogP contribution is 2.36. The van der Waals surface area contributed by atoms with Gasteiger partial charge < -0.3 is 10.1 Å². The largest absolute Gasteiger partial charge is 0.385 e. The average molecular weight is 392 g/mol. The second-order valence-electron chi connectivity index (χ2n) is 7.19. The van der Waals surface area contributed by atoms with Crippen molar-refractivity contribution < 1.29 is 14.3 Å². The Bertz CT molecular complexity index is 1060. The van der Waals surface area contributed by atoms with E-state index >= 15 is 0 Å². The molecule has 150 valence electrons. The number of imidazole rings is 1. The zero-order valence-electron chi connectivity index (χ0n) is 16.6. The fourth-order valence-electron chi connectivity index (χ4n) is 3.76. The number of methoxy groups -OCH3 is 1. The second-order valence-corrected chi connectivity index (χ2v) is 7.19. The highest BCUT2D eigenvalue weighted by Gasteiger charge is 2.40. The molecule has 1 N–H and O–H groups in total. The summed E-state index contributed by atoms with van der Waals surface area (Å²) in [5.74, 6) is 0.301. The normalized spacial score (nSPS) is 15.7. The molecule has 2 heterocycles. The van der Waals surface area contributed by atoms with Gasteiger partial charge in [-0.15, -0.1) is 0 Å². The fourth-order valence-corrected chi connectivity index (χ4v) is 3.76. The Morgan fingerprint density at radius 1 is 1.17 bits per heavy atom. The first-order valence-corrected chi connectivity index (χ1v) is 9.73. The molecule has 1 atom stereocenters. The maximum atomic E-state index is 13.2. The summed E-state index contributed by atoms with van der Waals surface area (Å²) in [5.41, 5.74) is 3.42. The van der Waals surface area contributed by atoms with Crippen molar-refractivity contribution in [1.29, 1.82) is 0 Å². The minimum absolute atomic E-state index is 0.0568. The Kier molecular flexibility index (Phi) is 5.31. The number of hydrogen-bond donors (Lipinski definition) is 1. The van der Waals surface area contributed by atoms with E-state index in [0.29, 0.717) is 25.5 Å². The van der Waals surface area contributed by atoms with Crippen molar-refractivity contribution in [3.05, 3.63) is 54.1 Å². The number of carbonyl (C=O) groups excluding carboxylic acids is 2. The maximum Gasteiger partial charge on any atom is 0.253 e. The second kappa shape index (κ2) is 8.05. The molecule has 0 aliphatic carbocycles. The van der Waals surface area contributed by atoms with Crippen LogP contribution in [0.25, 0.3) is 11.0 Å². The van der Waals surface area contributed by atoms with E-state index in [9.17, 15) is 9.59 Å². The van der Waals surface area contributed by atoms with Gasteiger partial charge in [-0.25, -0.2) is 4.98 Å². The third kappa shape index (κ3) is 3.61. The molecule has 0 spiro atoms. The fraction of sp³-hybridized carbons (Fsp3) is 0.318. The summed E-state index contributed by atoms with van der Waals surface area (Å²) in [5, 5.41) is 2.93. The topological polar surface area (TPSA) is 76.5 Å². The van der Waals surface area contributed by atoms with Crippen LogP contribution in [-0.2, 0) is 14.3 Å². The van der Waals surface area contributed by atoms with Crippen molar-refractivity contribution in [2.75, 3.05) is 30.5 Å². The lowest BCUT2D eigenvalue weighted by Gasteiger charge is -2.16. The molecule has 7 nitrogen and oxygen atoms in total. The maximum absolute atomic E-state index is 13.2. The van der Waals surface area contributed by atoms with Gasteiger partial charge in [0.1, 0.15) is 6.04 Å². The number of anilines is 2. The van der Waals surface area contributed by atoms with Gasteiger partial charge in [0.05, 0.1) is 17.5 Å². The van der Waals surface area contributed by atoms with Crippen molar-refractivity contribution in [3.63, 3.8) is 0 Å². The minimum Gasteiger partial charge on any atom is -0.385 e. The van der Waals surface area contributed by atoms with Crippen molar-refractivity contribution in [2.45, 2.75) is 25.8 Å². The van der Waals surface area contributed by atoms with E-state index < -0.39 is 6.04 Å². The monoisotopic (exact) mass is 392 g/mol. The Hall–Kier alpha value is -3.19. The molecule has 0 fully saturated rings. The van der Waals surface area contributed by atoms with Crippen LogP contribution >= 0.6 is 0 Å². The first-order valence-electron chi connectivity index (χ1n) is 9.73. The molecule has 3 aromatic rings. The number of ether oxygens (including phenoxy) is 1. The molecule has 1 aliphatic rings. The molecule has 1 aliphatic heterocycles. The van der Waals surface area contributed by atoms with Crippen molar-refractivity contribution in [2.24, 2.45) is 0 Å². The zero-order chi connectivity index (χ0) is 20.4. The number of aromatic nitrogens is 2. The molecular formula is C22H24N4O3. The molecule has 4 rings (SSSR count). The molecule has 2 aromatic carbocycles. The van der Waals surface area contributed by atoms with E-state index in [-0.39, 0.29) is 18.2 Å². The van der Waals surface area contributed by atoms with Crippen LogP contribution in [0.15, 0.2) is 48.5 Å². The van der Waals surface area contributed by atoms with Crippen LogP contribution in [-0.4, -0.2) is 41.6 Å². The molecule has 2 amide bonds. The van der Waals surface area contributed by atoms with Crippen molar-refractivity contribution >= 4 is 34.5 Å². The summed E-state index contributed by atoms with van der Waals surface area (Å²) < 4.78 is 7.01. The lowest BCUT2D eigenvalue weighted by atomic mass is 10.1. The number of nitrogens with one attached hydrogen (secondary N) is 1. The van der Waals surface area contributed by atoms with Gasteiger partial charge in [-0.2, -0.15) is 0 Å². The van der Waals surface area contributed by atoms with Crippen LogP contribution in [0, 0.1) is 6.92 Å². The van der Waals surface area contributed by atoms with E-state index in [2.05, 4.69) is 10.3 Å². The number of hydrogen-bond acceptors (Lipinski definition) is 4. The van der Waals surface area contributed by atoms with Crippen LogP contribution in [0.2, 0.25) is 0 Å². The first-order chi connectivity index (χ1) is 14.1. The predicted octanol–water partition coefficient (Wildman–Crippen LogP) is 3.30. The molecule has 1 aromatic heterocycles. The smallest absolute Gasteiger partial charge is 0.253 e. The number of rotatable bonds is 7. The number of carbonyl (C=O) groups is 2. The number of amides is 2.